The van der Waals surface area contributed by atoms with Crippen molar-refractivity contribution in [2.45, 2.75) is 24.7 Å². The first-order chi connectivity index (χ1) is 14.4. The second kappa shape index (κ2) is 8.83. The lowest BCUT2D eigenvalue weighted by Crippen LogP contribution is -2.39. The van der Waals surface area contributed by atoms with Crippen LogP contribution in [0.3, 0.4) is 0 Å². The number of rotatable bonds is 6. The molecule has 1 fully saturated rings. The number of piperidine rings is 1. The minimum Gasteiger partial charge on any atom is -0.361 e. The Balaban J connectivity index is 1.31. The number of nitrogens with zero attached hydrogens (tertiary/aromatic N) is 2. The number of anilines is 1. The molecule has 0 spiro atoms. The zero-order valence-electron chi connectivity index (χ0n) is 16.7. The molecule has 0 saturated carbocycles. The number of halogens is 1. The standard InChI is InChI=1S/C22H24FN3O2S2/c1-16-4-2-3-5-20(16)21-15-25-22(29-21)24-14-17-10-12-26(13-11-17)30(27,28)19-8-6-18(23)7-9-19/h2-9,15,17H,10-14H2,1H3,(H,24,25). The lowest BCUT2D eigenvalue weighted by atomic mass is 9.98. The predicted molar refractivity (Wildman–Crippen MR) is 119 cm³/mol. The van der Waals surface area contributed by atoms with Gasteiger partial charge in [-0.3, -0.25) is 0 Å². The van der Waals surface area contributed by atoms with Crippen LogP contribution < -0.4 is 5.32 Å². The molecular weight excluding hydrogens is 421 g/mol. The van der Waals surface area contributed by atoms with Gasteiger partial charge >= 0.3 is 0 Å². The molecule has 1 aromatic heterocycles. The first-order valence-corrected chi connectivity index (χ1v) is 12.2. The van der Waals surface area contributed by atoms with Gasteiger partial charge in [0, 0.05) is 25.8 Å². The van der Waals surface area contributed by atoms with Crippen LogP contribution in [0.15, 0.2) is 59.6 Å². The number of thiazole rings is 1. The van der Waals surface area contributed by atoms with Crippen LogP contribution in [0.2, 0.25) is 0 Å². The summed E-state index contributed by atoms with van der Waals surface area (Å²) in [4.78, 5) is 5.77. The Morgan fingerprint density at radius 3 is 2.53 bits per heavy atom. The van der Waals surface area contributed by atoms with Gasteiger partial charge in [-0.1, -0.05) is 35.6 Å². The molecule has 1 aliphatic rings. The van der Waals surface area contributed by atoms with E-state index in [1.165, 1.54) is 39.7 Å². The maximum absolute atomic E-state index is 13.1. The summed E-state index contributed by atoms with van der Waals surface area (Å²) in [5, 5.41) is 4.30. The van der Waals surface area contributed by atoms with Crippen LogP contribution in [-0.2, 0) is 10.0 Å². The van der Waals surface area contributed by atoms with E-state index < -0.39 is 15.8 Å². The molecule has 158 valence electrons. The molecule has 0 amide bonds. The molecule has 1 aliphatic heterocycles. The third-order valence-corrected chi connectivity index (χ3v) is 8.38. The summed E-state index contributed by atoms with van der Waals surface area (Å²) in [5.41, 5.74) is 2.42. The van der Waals surface area contributed by atoms with E-state index in [0.29, 0.717) is 19.0 Å². The number of sulfonamides is 1. The summed E-state index contributed by atoms with van der Waals surface area (Å²) in [7, 11) is -3.56. The minimum atomic E-state index is -3.56. The lowest BCUT2D eigenvalue weighted by Gasteiger charge is -2.31. The highest BCUT2D eigenvalue weighted by Gasteiger charge is 2.29. The average molecular weight is 446 g/mol. The summed E-state index contributed by atoms with van der Waals surface area (Å²) in [6.45, 7) is 3.80. The van der Waals surface area contributed by atoms with E-state index >= 15 is 0 Å². The Labute approximate surface area is 180 Å². The molecule has 4 rings (SSSR count). The van der Waals surface area contributed by atoms with Crippen molar-refractivity contribution in [2.75, 3.05) is 25.0 Å². The van der Waals surface area contributed by atoms with Gasteiger partial charge in [0.15, 0.2) is 5.13 Å². The van der Waals surface area contributed by atoms with Crippen LogP contribution >= 0.6 is 11.3 Å². The quantitative estimate of drug-likeness (QED) is 0.594. The fourth-order valence-corrected chi connectivity index (χ4v) is 6.05. The van der Waals surface area contributed by atoms with Crippen LogP contribution in [0, 0.1) is 18.7 Å². The number of benzene rings is 2. The molecule has 2 heterocycles. The molecule has 0 aliphatic carbocycles. The molecule has 0 unspecified atom stereocenters. The van der Waals surface area contributed by atoms with Crippen LogP contribution in [0.25, 0.3) is 10.4 Å². The van der Waals surface area contributed by atoms with Gasteiger partial charge in [0.1, 0.15) is 5.82 Å². The Hall–Kier alpha value is -2.29. The van der Waals surface area contributed by atoms with Crippen LogP contribution in [0.4, 0.5) is 9.52 Å². The Morgan fingerprint density at radius 1 is 1.13 bits per heavy atom. The third-order valence-electron chi connectivity index (χ3n) is 5.48. The molecule has 0 bridgehead atoms. The van der Waals surface area contributed by atoms with Crippen molar-refractivity contribution in [2.24, 2.45) is 5.92 Å². The topological polar surface area (TPSA) is 62.3 Å². The Bertz CT molecular complexity index is 1110. The monoisotopic (exact) mass is 445 g/mol. The number of hydrogen-bond acceptors (Lipinski definition) is 5. The van der Waals surface area contributed by atoms with E-state index in [9.17, 15) is 12.8 Å². The van der Waals surface area contributed by atoms with Crippen molar-refractivity contribution in [1.29, 1.82) is 0 Å². The summed E-state index contributed by atoms with van der Waals surface area (Å²) >= 11 is 1.63. The van der Waals surface area contributed by atoms with E-state index in [1.54, 1.807) is 11.3 Å². The van der Waals surface area contributed by atoms with Gasteiger partial charge in [-0.25, -0.2) is 17.8 Å². The second-order valence-electron chi connectivity index (χ2n) is 7.53. The van der Waals surface area contributed by atoms with Crippen molar-refractivity contribution in [1.82, 2.24) is 9.29 Å². The SMILES string of the molecule is Cc1ccccc1-c1cnc(NCC2CCN(S(=O)(=O)c3ccc(F)cc3)CC2)s1. The molecule has 0 radical (unpaired) electrons. The molecule has 5 nitrogen and oxygen atoms in total. The van der Waals surface area contributed by atoms with Crippen LogP contribution in [0.5, 0.6) is 0 Å². The van der Waals surface area contributed by atoms with E-state index in [1.807, 2.05) is 18.3 Å². The number of aryl methyl sites for hydroxylation is 1. The van der Waals surface area contributed by atoms with Gasteiger partial charge in [0.25, 0.3) is 0 Å². The maximum Gasteiger partial charge on any atom is 0.243 e. The smallest absolute Gasteiger partial charge is 0.243 e. The molecule has 8 heteroatoms. The molecule has 30 heavy (non-hydrogen) atoms. The highest BCUT2D eigenvalue weighted by atomic mass is 32.2. The number of nitrogens with one attached hydrogen (secondary N) is 1. The van der Waals surface area contributed by atoms with Crippen LogP contribution in [0.1, 0.15) is 18.4 Å². The Morgan fingerprint density at radius 2 is 1.83 bits per heavy atom. The average Bonchev–Trinajstić information content (AvgIpc) is 3.22. The predicted octanol–water partition coefficient (Wildman–Crippen LogP) is 4.77. The maximum atomic E-state index is 13.1. The zero-order chi connectivity index (χ0) is 21.1. The highest BCUT2D eigenvalue weighted by molar-refractivity contribution is 7.89. The first kappa shape index (κ1) is 21.0. The summed E-state index contributed by atoms with van der Waals surface area (Å²) in [6.07, 6.45) is 3.46. The molecule has 2 aromatic carbocycles. The number of hydrogen-bond donors (Lipinski definition) is 1. The van der Waals surface area contributed by atoms with Gasteiger partial charge in [-0.2, -0.15) is 4.31 Å². The summed E-state index contributed by atoms with van der Waals surface area (Å²) in [6, 6.07) is 13.3. The Kier molecular flexibility index (Phi) is 6.17. The van der Waals surface area contributed by atoms with Gasteiger partial charge in [0.05, 0.1) is 9.77 Å². The van der Waals surface area contributed by atoms with Gasteiger partial charge in [-0.05, 0) is 61.1 Å². The largest absolute Gasteiger partial charge is 0.361 e. The third kappa shape index (κ3) is 4.55. The molecule has 1 saturated heterocycles. The van der Waals surface area contributed by atoms with Crippen LogP contribution in [-0.4, -0.2) is 37.3 Å². The van der Waals surface area contributed by atoms with Gasteiger partial charge in [0.2, 0.25) is 10.0 Å². The first-order valence-electron chi connectivity index (χ1n) is 9.95. The summed E-state index contributed by atoms with van der Waals surface area (Å²) in [5.74, 6) is -0.0537. The van der Waals surface area contributed by atoms with Crippen molar-refractivity contribution >= 4 is 26.5 Å². The van der Waals surface area contributed by atoms with Crippen molar-refractivity contribution in [3.05, 3.63) is 66.1 Å². The van der Waals surface area contributed by atoms with Gasteiger partial charge in [-0.15, -0.1) is 0 Å². The molecular formula is C22H24FN3O2S2. The fourth-order valence-electron chi connectivity index (χ4n) is 3.67. The van der Waals surface area contributed by atoms with Crippen molar-refractivity contribution in [3.8, 4) is 10.4 Å². The van der Waals surface area contributed by atoms with E-state index in [0.717, 1.165) is 29.4 Å². The molecule has 1 N–H and O–H groups in total. The van der Waals surface area contributed by atoms with Crippen molar-refractivity contribution < 1.29 is 12.8 Å². The second-order valence-corrected chi connectivity index (χ2v) is 10.5. The van der Waals surface area contributed by atoms with Gasteiger partial charge < -0.3 is 5.32 Å². The normalized spacial score (nSPS) is 15.9. The lowest BCUT2D eigenvalue weighted by molar-refractivity contribution is 0.282. The highest BCUT2D eigenvalue weighted by Crippen LogP contribution is 2.31. The zero-order valence-corrected chi connectivity index (χ0v) is 18.3. The molecule has 3 aromatic rings. The van der Waals surface area contributed by atoms with Crippen molar-refractivity contribution in [3.63, 3.8) is 0 Å². The molecule has 0 atom stereocenters. The minimum absolute atomic E-state index is 0.145. The fraction of sp³-hybridized carbons (Fsp3) is 0.318. The number of aromatic nitrogens is 1. The summed E-state index contributed by atoms with van der Waals surface area (Å²) < 4.78 is 40.0. The van der Waals surface area contributed by atoms with E-state index in [-0.39, 0.29) is 4.90 Å². The van der Waals surface area contributed by atoms with E-state index in [2.05, 4.69) is 29.4 Å². The van der Waals surface area contributed by atoms with E-state index in [4.69, 9.17) is 0 Å².